The van der Waals surface area contributed by atoms with Gasteiger partial charge in [-0.3, -0.25) is 0 Å². The summed E-state index contributed by atoms with van der Waals surface area (Å²) >= 11 is 12.1. The summed E-state index contributed by atoms with van der Waals surface area (Å²) in [5.41, 5.74) is 2.34. The van der Waals surface area contributed by atoms with Gasteiger partial charge in [-0.1, -0.05) is 41.4 Å². The van der Waals surface area contributed by atoms with Crippen molar-refractivity contribution in [1.29, 1.82) is 0 Å². The standard InChI is InChI=1S/C17H19Cl2NO/c1-12(13-4-7-16(21-2)8-5-13)20-10-9-14-3-6-15(18)11-17(14)19/h3-8,11-12,20H,9-10H2,1-2H3. The predicted octanol–water partition coefficient (Wildman–Crippen LogP) is 4.90. The minimum Gasteiger partial charge on any atom is -0.497 e. The maximum Gasteiger partial charge on any atom is 0.118 e. The van der Waals surface area contributed by atoms with E-state index in [1.807, 2.05) is 24.3 Å². The van der Waals surface area contributed by atoms with Gasteiger partial charge in [0.1, 0.15) is 5.75 Å². The van der Waals surface area contributed by atoms with Crippen LogP contribution in [0.15, 0.2) is 42.5 Å². The molecule has 0 aromatic heterocycles. The molecular formula is C17H19Cl2NO. The van der Waals surface area contributed by atoms with E-state index in [0.717, 1.165) is 29.3 Å². The summed E-state index contributed by atoms with van der Waals surface area (Å²) < 4.78 is 5.16. The molecule has 2 aromatic rings. The van der Waals surface area contributed by atoms with Crippen molar-refractivity contribution < 1.29 is 4.74 Å². The molecule has 4 heteroatoms. The third-order valence-corrected chi connectivity index (χ3v) is 4.06. The lowest BCUT2D eigenvalue weighted by Crippen LogP contribution is -2.21. The fourth-order valence-corrected chi connectivity index (χ4v) is 2.66. The van der Waals surface area contributed by atoms with Crippen LogP contribution in [-0.4, -0.2) is 13.7 Å². The first-order valence-electron chi connectivity index (χ1n) is 6.91. The molecule has 1 N–H and O–H groups in total. The summed E-state index contributed by atoms with van der Waals surface area (Å²) in [6.07, 6.45) is 0.872. The Balaban J connectivity index is 1.87. The summed E-state index contributed by atoms with van der Waals surface area (Å²) in [5.74, 6) is 0.874. The van der Waals surface area contributed by atoms with Crippen LogP contribution in [0.2, 0.25) is 10.0 Å². The molecule has 0 aliphatic rings. The van der Waals surface area contributed by atoms with E-state index in [-0.39, 0.29) is 6.04 Å². The second kappa shape index (κ2) is 7.69. The molecule has 0 aliphatic heterocycles. The summed E-state index contributed by atoms with van der Waals surface area (Å²) in [4.78, 5) is 0. The minimum atomic E-state index is 0.280. The number of hydrogen-bond donors (Lipinski definition) is 1. The van der Waals surface area contributed by atoms with Gasteiger partial charge in [0.15, 0.2) is 0 Å². The molecule has 21 heavy (non-hydrogen) atoms. The van der Waals surface area contributed by atoms with Crippen LogP contribution >= 0.6 is 23.2 Å². The molecule has 0 heterocycles. The molecule has 1 atom stereocenters. The maximum absolute atomic E-state index is 6.17. The van der Waals surface area contributed by atoms with Crippen molar-refractivity contribution >= 4 is 23.2 Å². The largest absolute Gasteiger partial charge is 0.497 e. The van der Waals surface area contributed by atoms with Gasteiger partial charge in [-0.15, -0.1) is 0 Å². The first-order valence-corrected chi connectivity index (χ1v) is 7.67. The van der Waals surface area contributed by atoms with E-state index in [1.165, 1.54) is 5.56 Å². The van der Waals surface area contributed by atoms with Crippen molar-refractivity contribution in [3.05, 3.63) is 63.6 Å². The zero-order valence-electron chi connectivity index (χ0n) is 12.2. The number of ether oxygens (including phenoxy) is 1. The summed E-state index contributed by atoms with van der Waals surface area (Å²) in [6, 6.07) is 14.0. The van der Waals surface area contributed by atoms with Gasteiger partial charge < -0.3 is 10.1 Å². The molecule has 0 spiro atoms. The van der Waals surface area contributed by atoms with Crippen LogP contribution in [0.3, 0.4) is 0 Å². The van der Waals surface area contributed by atoms with Gasteiger partial charge >= 0.3 is 0 Å². The van der Waals surface area contributed by atoms with Crippen LogP contribution in [0.5, 0.6) is 5.75 Å². The first-order chi connectivity index (χ1) is 10.1. The molecule has 0 bridgehead atoms. The van der Waals surface area contributed by atoms with Crippen molar-refractivity contribution in [1.82, 2.24) is 5.32 Å². The van der Waals surface area contributed by atoms with Crippen LogP contribution < -0.4 is 10.1 Å². The van der Waals surface area contributed by atoms with Gasteiger partial charge in [0.25, 0.3) is 0 Å². The lowest BCUT2D eigenvalue weighted by atomic mass is 10.1. The fraction of sp³-hybridized carbons (Fsp3) is 0.294. The Hall–Kier alpha value is -1.22. The molecule has 0 amide bonds. The van der Waals surface area contributed by atoms with E-state index in [4.69, 9.17) is 27.9 Å². The topological polar surface area (TPSA) is 21.3 Å². The number of rotatable bonds is 6. The van der Waals surface area contributed by atoms with Crippen LogP contribution in [0.25, 0.3) is 0 Å². The van der Waals surface area contributed by atoms with Gasteiger partial charge in [-0.05, 0) is 55.3 Å². The van der Waals surface area contributed by atoms with Crippen LogP contribution in [0.4, 0.5) is 0 Å². The molecule has 2 nitrogen and oxygen atoms in total. The molecule has 0 radical (unpaired) electrons. The van der Waals surface area contributed by atoms with Crippen LogP contribution in [0.1, 0.15) is 24.1 Å². The highest BCUT2D eigenvalue weighted by Gasteiger charge is 2.06. The van der Waals surface area contributed by atoms with Crippen molar-refractivity contribution in [2.75, 3.05) is 13.7 Å². The Labute approximate surface area is 136 Å². The zero-order chi connectivity index (χ0) is 15.2. The highest BCUT2D eigenvalue weighted by atomic mass is 35.5. The normalized spacial score (nSPS) is 12.2. The Morgan fingerprint density at radius 2 is 1.81 bits per heavy atom. The Morgan fingerprint density at radius 3 is 2.43 bits per heavy atom. The number of halogens is 2. The lowest BCUT2D eigenvalue weighted by molar-refractivity contribution is 0.414. The van der Waals surface area contributed by atoms with E-state index < -0.39 is 0 Å². The predicted molar refractivity (Wildman–Crippen MR) is 89.6 cm³/mol. The molecule has 0 aliphatic carbocycles. The van der Waals surface area contributed by atoms with E-state index in [0.29, 0.717) is 5.02 Å². The van der Waals surface area contributed by atoms with Crippen molar-refractivity contribution in [3.8, 4) is 5.75 Å². The van der Waals surface area contributed by atoms with Gasteiger partial charge in [0.2, 0.25) is 0 Å². The zero-order valence-corrected chi connectivity index (χ0v) is 13.7. The van der Waals surface area contributed by atoms with Gasteiger partial charge in [0, 0.05) is 16.1 Å². The first kappa shape index (κ1) is 16.2. The summed E-state index contributed by atoms with van der Waals surface area (Å²) in [7, 11) is 1.67. The summed E-state index contributed by atoms with van der Waals surface area (Å²) in [5, 5.41) is 4.89. The molecule has 2 rings (SSSR count). The van der Waals surface area contributed by atoms with Crippen LogP contribution in [-0.2, 0) is 6.42 Å². The average molecular weight is 324 g/mol. The molecule has 0 saturated carbocycles. The SMILES string of the molecule is COc1ccc(C(C)NCCc2ccc(Cl)cc2Cl)cc1. The number of benzene rings is 2. The van der Waals surface area contributed by atoms with Crippen molar-refractivity contribution in [2.45, 2.75) is 19.4 Å². The lowest BCUT2D eigenvalue weighted by Gasteiger charge is -2.15. The smallest absolute Gasteiger partial charge is 0.118 e. The third-order valence-electron chi connectivity index (χ3n) is 3.48. The number of methoxy groups -OCH3 is 1. The quantitative estimate of drug-likeness (QED) is 0.816. The third kappa shape index (κ3) is 4.63. The average Bonchev–Trinajstić information content (AvgIpc) is 2.49. The highest BCUT2D eigenvalue weighted by Crippen LogP contribution is 2.21. The second-order valence-electron chi connectivity index (χ2n) is 4.93. The van der Waals surface area contributed by atoms with Gasteiger partial charge in [-0.25, -0.2) is 0 Å². The monoisotopic (exact) mass is 323 g/mol. The molecular weight excluding hydrogens is 305 g/mol. The molecule has 2 aromatic carbocycles. The Morgan fingerprint density at radius 1 is 1.10 bits per heavy atom. The fourth-order valence-electron chi connectivity index (χ4n) is 2.16. The van der Waals surface area contributed by atoms with Crippen molar-refractivity contribution in [3.63, 3.8) is 0 Å². The summed E-state index contributed by atoms with van der Waals surface area (Å²) in [6.45, 7) is 3.00. The number of nitrogens with one attached hydrogen (secondary N) is 1. The van der Waals surface area contributed by atoms with E-state index >= 15 is 0 Å². The Kier molecular flexibility index (Phi) is 5.92. The molecule has 0 fully saturated rings. The van der Waals surface area contributed by atoms with Gasteiger partial charge in [0.05, 0.1) is 7.11 Å². The molecule has 112 valence electrons. The van der Waals surface area contributed by atoms with Crippen LogP contribution in [0, 0.1) is 0 Å². The van der Waals surface area contributed by atoms with E-state index in [9.17, 15) is 0 Å². The van der Waals surface area contributed by atoms with E-state index in [1.54, 1.807) is 13.2 Å². The molecule has 1 unspecified atom stereocenters. The second-order valence-corrected chi connectivity index (χ2v) is 5.78. The number of hydrogen-bond acceptors (Lipinski definition) is 2. The molecule has 0 saturated heterocycles. The van der Waals surface area contributed by atoms with Gasteiger partial charge in [-0.2, -0.15) is 0 Å². The minimum absolute atomic E-state index is 0.280. The Bertz CT molecular complexity index is 584. The maximum atomic E-state index is 6.17. The van der Waals surface area contributed by atoms with E-state index in [2.05, 4.69) is 24.4 Å². The highest BCUT2D eigenvalue weighted by molar-refractivity contribution is 6.35. The van der Waals surface area contributed by atoms with Crippen molar-refractivity contribution in [2.24, 2.45) is 0 Å².